The van der Waals surface area contributed by atoms with E-state index >= 15 is 0 Å². The Morgan fingerprint density at radius 1 is 0.659 bits per heavy atom. The van der Waals surface area contributed by atoms with Crippen molar-refractivity contribution >= 4 is 64.3 Å². The molecule has 208 valence electrons. The van der Waals surface area contributed by atoms with Crippen LogP contribution in [0.2, 0.25) is 10.0 Å². The van der Waals surface area contributed by atoms with Gasteiger partial charge >= 0.3 is 123 Å². The number of hydrogen-bond acceptors (Lipinski definition) is 0. The Balaban J connectivity index is 0.000000235. The van der Waals surface area contributed by atoms with Gasteiger partial charge in [0.15, 0.2) is 0 Å². The molecule has 41 heavy (non-hydrogen) atoms. The summed E-state index contributed by atoms with van der Waals surface area (Å²) < 4.78 is 4.66. The summed E-state index contributed by atoms with van der Waals surface area (Å²) in [4.78, 5) is 0. The van der Waals surface area contributed by atoms with Gasteiger partial charge < -0.3 is 24.8 Å². The Morgan fingerprint density at radius 2 is 1.10 bits per heavy atom. The van der Waals surface area contributed by atoms with Crippen molar-refractivity contribution in [3.05, 3.63) is 161 Å². The Hall–Kier alpha value is -2.51. The molecule has 0 atom stereocenters. The molecule has 5 aromatic rings. The SMILES string of the molecule is C=Cc1ccc2[cH-]c3ccc(C=C)cc3c2c1.Clc1ccc([CH]=[Zr]=[CH]c2ccc(Cl)cc2)cc1.[C-]1=CC=CC1.[Cl-].[Cl-]. The van der Waals surface area contributed by atoms with E-state index in [2.05, 4.69) is 99.5 Å². The molecule has 6 rings (SSSR count). The molecule has 0 spiro atoms. The molecule has 1 aliphatic rings. The molecule has 0 bridgehead atoms. The van der Waals surface area contributed by atoms with Crippen molar-refractivity contribution < 1.29 is 47.1 Å². The van der Waals surface area contributed by atoms with E-state index in [1.165, 1.54) is 32.7 Å². The van der Waals surface area contributed by atoms with Gasteiger partial charge in [-0.05, 0) is 11.1 Å². The predicted octanol–water partition coefficient (Wildman–Crippen LogP) is 4.39. The summed E-state index contributed by atoms with van der Waals surface area (Å²) in [5.74, 6) is 0. The van der Waals surface area contributed by atoms with Gasteiger partial charge in [0, 0.05) is 0 Å². The van der Waals surface area contributed by atoms with Gasteiger partial charge in [-0.25, -0.2) is 12.2 Å². The van der Waals surface area contributed by atoms with Crippen molar-refractivity contribution in [3.63, 3.8) is 0 Å². The topological polar surface area (TPSA) is 0 Å². The van der Waals surface area contributed by atoms with E-state index < -0.39 is 22.3 Å². The minimum absolute atomic E-state index is 0. The summed E-state index contributed by atoms with van der Waals surface area (Å²) in [6.07, 6.45) is 13.8. The van der Waals surface area contributed by atoms with Crippen LogP contribution in [-0.2, 0) is 22.3 Å². The number of benzene rings is 4. The molecule has 0 N–H and O–H groups in total. The number of hydrogen-bond donors (Lipinski definition) is 0. The molecule has 5 aromatic carbocycles. The summed E-state index contributed by atoms with van der Waals surface area (Å²) in [6, 6.07) is 31.0. The Bertz CT molecular complexity index is 1580. The summed E-state index contributed by atoms with van der Waals surface area (Å²) in [5, 5.41) is 6.73. The summed E-state index contributed by atoms with van der Waals surface area (Å²) in [6.45, 7) is 7.64. The van der Waals surface area contributed by atoms with Crippen molar-refractivity contribution in [3.8, 4) is 0 Å². The Kier molecular flexibility index (Phi) is 15.3. The third-order valence-electron chi connectivity index (χ3n) is 6.05. The molecule has 0 fully saturated rings. The van der Waals surface area contributed by atoms with E-state index in [0.717, 1.165) is 27.6 Å². The van der Waals surface area contributed by atoms with Crippen LogP contribution in [0.15, 0.2) is 122 Å². The average molecular weight is 694 g/mol. The van der Waals surface area contributed by atoms with Crippen LogP contribution in [0.4, 0.5) is 0 Å². The zero-order valence-corrected chi connectivity index (χ0v) is 27.8. The quantitative estimate of drug-likeness (QED) is 0.246. The van der Waals surface area contributed by atoms with Crippen molar-refractivity contribution in [2.24, 2.45) is 0 Å². The van der Waals surface area contributed by atoms with Crippen LogP contribution in [0.1, 0.15) is 28.7 Å². The van der Waals surface area contributed by atoms with E-state index in [1.807, 2.05) is 48.6 Å². The number of fused-ring (bicyclic) bond motifs is 3. The van der Waals surface area contributed by atoms with Gasteiger partial charge in [0.1, 0.15) is 0 Å². The fourth-order valence-electron chi connectivity index (χ4n) is 3.98. The van der Waals surface area contributed by atoms with Gasteiger partial charge in [-0.3, -0.25) is 6.08 Å². The molecule has 0 saturated carbocycles. The smallest absolute Gasteiger partial charge is 0.109 e. The van der Waals surface area contributed by atoms with Gasteiger partial charge in [0.05, 0.1) is 0 Å². The second-order valence-electron chi connectivity index (χ2n) is 8.81. The van der Waals surface area contributed by atoms with Crippen molar-refractivity contribution in [1.82, 2.24) is 0 Å². The van der Waals surface area contributed by atoms with Gasteiger partial charge in [-0.1, -0.05) is 49.6 Å². The first kappa shape index (κ1) is 34.7. The van der Waals surface area contributed by atoms with E-state index in [9.17, 15) is 0 Å². The second-order valence-corrected chi connectivity index (χ2v) is 11.9. The molecule has 1 aliphatic carbocycles. The molecular weight excluding hydrogens is 665 g/mol. The normalized spacial score (nSPS) is 10.6. The van der Waals surface area contributed by atoms with Crippen LogP contribution in [0.25, 0.3) is 33.7 Å². The Morgan fingerprint density at radius 3 is 1.44 bits per heavy atom. The molecule has 0 unspecified atom stereocenters. The summed E-state index contributed by atoms with van der Waals surface area (Å²) in [7, 11) is 0. The zero-order chi connectivity index (χ0) is 27.5. The molecule has 0 radical (unpaired) electrons. The molecule has 0 aliphatic heterocycles. The van der Waals surface area contributed by atoms with E-state index in [-0.39, 0.29) is 24.8 Å². The Labute approximate surface area is 276 Å². The second kappa shape index (κ2) is 18.1. The number of rotatable bonds is 4. The molecule has 0 aromatic heterocycles. The van der Waals surface area contributed by atoms with Crippen molar-refractivity contribution in [1.29, 1.82) is 0 Å². The first-order valence-electron chi connectivity index (χ1n) is 12.6. The van der Waals surface area contributed by atoms with Crippen LogP contribution in [0.5, 0.6) is 0 Å². The third-order valence-corrected chi connectivity index (χ3v) is 9.02. The largest absolute Gasteiger partial charge is 1.00 e. The monoisotopic (exact) mass is 690 g/mol. The molecule has 0 heterocycles. The van der Waals surface area contributed by atoms with Crippen molar-refractivity contribution in [2.75, 3.05) is 0 Å². The van der Waals surface area contributed by atoms with Crippen LogP contribution < -0.4 is 24.8 Å². The van der Waals surface area contributed by atoms with E-state index in [0.29, 0.717) is 0 Å². The zero-order valence-electron chi connectivity index (χ0n) is 22.3. The first-order valence-corrected chi connectivity index (χ1v) is 16.2. The van der Waals surface area contributed by atoms with Crippen LogP contribution in [0.3, 0.4) is 0 Å². The fourth-order valence-corrected chi connectivity index (χ4v) is 6.33. The fraction of sp³-hybridized carbons (Fsp3) is 0.0278. The van der Waals surface area contributed by atoms with Gasteiger partial charge in [0.2, 0.25) is 0 Å². The summed E-state index contributed by atoms with van der Waals surface area (Å²) in [5.41, 5.74) is 4.83. The molecular formula is C36H28Cl4Zr-4. The predicted molar refractivity (Wildman–Crippen MR) is 172 cm³/mol. The maximum absolute atomic E-state index is 5.84. The van der Waals surface area contributed by atoms with Crippen LogP contribution >= 0.6 is 23.2 Å². The van der Waals surface area contributed by atoms with Gasteiger partial charge in [-0.2, -0.15) is 6.08 Å². The molecule has 0 amide bonds. The minimum atomic E-state index is -0.623. The summed E-state index contributed by atoms with van der Waals surface area (Å²) >= 11 is 11.0. The first-order chi connectivity index (χ1) is 19.1. The maximum atomic E-state index is 5.84. The standard InChI is InChI=1S/C17H13.2C7H5Cl.C5H5.2ClH.Zr/c1-3-12-5-7-14-11-15-8-6-13(4-2)10-17(15)16(14)9-12;2*1-6-2-4-7(8)5-3-6;1-2-4-5-3-1;;;/h3-11H,1-2H2;2*1-5H;1-3H,4H2;2*1H;/q-1;;;-1;;;/p-2. The molecule has 0 saturated heterocycles. The number of halogens is 4. The van der Waals surface area contributed by atoms with Crippen LogP contribution in [-0.4, -0.2) is 7.42 Å². The third kappa shape index (κ3) is 10.7. The van der Waals surface area contributed by atoms with Crippen LogP contribution in [0, 0.1) is 6.08 Å². The van der Waals surface area contributed by atoms with Crippen molar-refractivity contribution in [2.45, 2.75) is 6.42 Å². The molecule has 5 heteroatoms. The number of allylic oxidation sites excluding steroid dienone is 4. The van der Waals surface area contributed by atoms with E-state index in [4.69, 9.17) is 23.2 Å². The average Bonchev–Trinajstić information content (AvgIpc) is 3.67. The molecule has 0 nitrogen and oxygen atoms in total. The van der Waals surface area contributed by atoms with E-state index in [1.54, 1.807) is 0 Å². The maximum Gasteiger partial charge on any atom is -0.109 e. The minimum Gasteiger partial charge on any atom is -1.00 e. The van der Waals surface area contributed by atoms with Gasteiger partial charge in [0.25, 0.3) is 0 Å². The van der Waals surface area contributed by atoms with Gasteiger partial charge in [-0.15, -0.1) is 46.2 Å².